The van der Waals surface area contributed by atoms with Crippen molar-refractivity contribution in [2.45, 2.75) is 13.8 Å². The minimum absolute atomic E-state index is 0.392. The van der Waals surface area contributed by atoms with E-state index in [1.54, 1.807) is 55.2 Å². The molecule has 0 atom stereocenters. The zero-order valence-corrected chi connectivity index (χ0v) is 29.6. The normalized spacial score (nSPS) is 10.5. The number of nitrogens with two attached hydrogens (primary N) is 1. The Morgan fingerprint density at radius 3 is 1.71 bits per heavy atom. The molecular weight excluding hydrogens is 703 g/mol. The summed E-state index contributed by atoms with van der Waals surface area (Å²) in [4.78, 5) is 34.5. The van der Waals surface area contributed by atoms with E-state index in [0.29, 0.717) is 44.0 Å². The molecule has 8 rings (SSSR count). The Hall–Kier alpha value is -5.81. The Kier molecular flexibility index (Phi) is 11.2. The number of aromatic nitrogens is 8. The van der Waals surface area contributed by atoms with E-state index >= 15 is 0 Å². The first-order valence-electron chi connectivity index (χ1n) is 15.5. The molecule has 6 heterocycles. The van der Waals surface area contributed by atoms with E-state index in [-0.39, 0.29) is 0 Å². The molecule has 6 aromatic heterocycles. The molecule has 8 aromatic rings. The Morgan fingerprint density at radius 1 is 0.569 bits per heavy atom. The number of pyridine rings is 4. The molecule has 0 unspecified atom stereocenters. The van der Waals surface area contributed by atoms with Crippen LogP contribution in [0.15, 0.2) is 122 Å². The largest absolute Gasteiger partial charge is 0.398 e. The van der Waals surface area contributed by atoms with E-state index in [2.05, 4.69) is 40.2 Å². The molecular formula is C38H29Cl3N10. The molecule has 0 bridgehead atoms. The lowest BCUT2D eigenvalue weighted by molar-refractivity contribution is 1.18. The SMILES string of the molecule is Cc1cnccc1N.Cc1cnccc1Nc1nc(-c2cccc(Cl)c2)nc2ncccc12.Clc1cccc(-c2nc(Cl)c3cccnc3n2)c1. The third kappa shape index (κ3) is 8.87. The summed E-state index contributed by atoms with van der Waals surface area (Å²) in [7, 11) is 0. The summed E-state index contributed by atoms with van der Waals surface area (Å²) in [5.41, 5.74) is 12.2. The minimum Gasteiger partial charge on any atom is -0.398 e. The lowest BCUT2D eigenvalue weighted by atomic mass is 10.2. The highest BCUT2D eigenvalue weighted by molar-refractivity contribution is 6.34. The van der Waals surface area contributed by atoms with Gasteiger partial charge in [0.1, 0.15) is 11.0 Å². The average Bonchev–Trinajstić information content (AvgIpc) is 3.14. The number of nitrogen functional groups attached to an aromatic ring is 1. The second-order valence-electron chi connectivity index (χ2n) is 11.1. The van der Waals surface area contributed by atoms with Crippen molar-refractivity contribution >= 4 is 74.1 Å². The van der Waals surface area contributed by atoms with Crippen LogP contribution in [0, 0.1) is 13.8 Å². The summed E-state index contributed by atoms with van der Waals surface area (Å²) in [6.07, 6.45) is 10.4. The summed E-state index contributed by atoms with van der Waals surface area (Å²) in [5, 5.41) is 6.63. The maximum absolute atomic E-state index is 6.13. The number of anilines is 3. The van der Waals surface area contributed by atoms with E-state index in [0.717, 1.165) is 44.4 Å². The maximum Gasteiger partial charge on any atom is 0.165 e. The molecule has 10 nitrogen and oxygen atoms in total. The molecule has 0 amide bonds. The molecule has 0 spiro atoms. The van der Waals surface area contributed by atoms with Gasteiger partial charge >= 0.3 is 0 Å². The predicted octanol–water partition coefficient (Wildman–Crippen LogP) is 9.76. The molecule has 0 aliphatic carbocycles. The maximum atomic E-state index is 6.13. The number of hydrogen-bond acceptors (Lipinski definition) is 10. The van der Waals surface area contributed by atoms with E-state index in [9.17, 15) is 0 Å². The highest BCUT2D eigenvalue weighted by Gasteiger charge is 2.12. The average molecular weight is 732 g/mol. The van der Waals surface area contributed by atoms with Crippen LogP contribution < -0.4 is 11.1 Å². The molecule has 13 heteroatoms. The van der Waals surface area contributed by atoms with Crippen LogP contribution in [0.1, 0.15) is 11.1 Å². The van der Waals surface area contributed by atoms with Crippen molar-refractivity contribution in [1.82, 2.24) is 39.9 Å². The van der Waals surface area contributed by atoms with Crippen molar-refractivity contribution in [2.24, 2.45) is 0 Å². The molecule has 3 N–H and O–H groups in total. The second kappa shape index (κ2) is 16.3. The molecule has 2 aromatic carbocycles. The van der Waals surface area contributed by atoms with Gasteiger partial charge < -0.3 is 11.1 Å². The monoisotopic (exact) mass is 730 g/mol. The number of aryl methyl sites for hydroxylation is 2. The van der Waals surface area contributed by atoms with Crippen LogP contribution in [-0.4, -0.2) is 39.9 Å². The van der Waals surface area contributed by atoms with Crippen LogP contribution >= 0.6 is 34.8 Å². The predicted molar refractivity (Wildman–Crippen MR) is 206 cm³/mol. The van der Waals surface area contributed by atoms with Crippen LogP contribution in [0.4, 0.5) is 17.2 Å². The second-order valence-corrected chi connectivity index (χ2v) is 12.3. The number of benzene rings is 2. The van der Waals surface area contributed by atoms with Crippen LogP contribution in [0.3, 0.4) is 0 Å². The lowest BCUT2D eigenvalue weighted by Crippen LogP contribution is -2.01. The topological polar surface area (TPSA) is 141 Å². The zero-order chi connectivity index (χ0) is 35.7. The quantitative estimate of drug-likeness (QED) is 0.168. The van der Waals surface area contributed by atoms with Gasteiger partial charge in [0.2, 0.25) is 0 Å². The first-order chi connectivity index (χ1) is 24.7. The summed E-state index contributed by atoms with van der Waals surface area (Å²) in [6.45, 7) is 3.93. The van der Waals surface area contributed by atoms with Crippen LogP contribution in [0.25, 0.3) is 44.8 Å². The first kappa shape index (κ1) is 35.0. The fourth-order valence-electron chi connectivity index (χ4n) is 4.72. The van der Waals surface area contributed by atoms with Gasteiger partial charge in [-0.3, -0.25) is 9.97 Å². The highest BCUT2D eigenvalue weighted by atomic mass is 35.5. The zero-order valence-electron chi connectivity index (χ0n) is 27.3. The first-order valence-corrected chi connectivity index (χ1v) is 16.6. The highest BCUT2D eigenvalue weighted by Crippen LogP contribution is 2.29. The number of fused-ring (bicyclic) bond motifs is 2. The fourth-order valence-corrected chi connectivity index (χ4v) is 5.33. The number of rotatable bonds is 4. The minimum atomic E-state index is 0.392. The van der Waals surface area contributed by atoms with Crippen molar-refractivity contribution in [3.05, 3.63) is 148 Å². The molecule has 0 fully saturated rings. The van der Waals surface area contributed by atoms with Gasteiger partial charge in [-0.25, -0.2) is 29.9 Å². The Bertz CT molecular complexity index is 2440. The van der Waals surface area contributed by atoms with Gasteiger partial charge in [0.25, 0.3) is 0 Å². The van der Waals surface area contributed by atoms with Crippen molar-refractivity contribution in [3.63, 3.8) is 0 Å². The van der Waals surface area contributed by atoms with Crippen molar-refractivity contribution in [2.75, 3.05) is 11.1 Å². The summed E-state index contributed by atoms with van der Waals surface area (Å²) >= 11 is 18.2. The molecule has 0 aliphatic heterocycles. The number of nitrogens with zero attached hydrogens (tertiary/aromatic N) is 8. The molecule has 0 saturated heterocycles. The summed E-state index contributed by atoms with van der Waals surface area (Å²) in [5.74, 6) is 1.79. The van der Waals surface area contributed by atoms with Crippen molar-refractivity contribution in [3.8, 4) is 22.8 Å². The van der Waals surface area contributed by atoms with E-state index in [1.807, 2.05) is 80.7 Å². The van der Waals surface area contributed by atoms with Gasteiger partial charge in [0.15, 0.2) is 22.9 Å². The van der Waals surface area contributed by atoms with E-state index < -0.39 is 0 Å². The van der Waals surface area contributed by atoms with Crippen LogP contribution in [0.2, 0.25) is 15.2 Å². The third-order valence-corrected chi connectivity index (χ3v) is 8.16. The van der Waals surface area contributed by atoms with Gasteiger partial charge in [-0.1, -0.05) is 59.1 Å². The summed E-state index contributed by atoms with van der Waals surface area (Å²) in [6, 6.07) is 25.9. The van der Waals surface area contributed by atoms with E-state index in [1.165, 1.54) is 0 Å². The lowest BCUT2D eigenvalue weighted by Gasteiger charge is -2.12. The Morgan fingerprint density at radius 2 is 1.14 bits per heavy atom. The van der Waals surface area contributed by atoms with Gasteiger partial charge in [-0.15, -0.1) is 0 Å². The standard InChI is InChI=1S/C19H14ClN5.C13H7Cl2N3.C6H8N2/c1-12-11-21-9-7-16(12)23-19-15-6-3-8-22-18(15)24-17(25-19)13-4-2-5-14(20)10-13;14-9-4-1-3-8(7-9)12-17-11(15)10-5-2-6-16-13(10)18-12;1-5-4-8-3-2-6(5)7/h2-11H,1H3,(H,21,22,23,24,25);1-7H;2-4H,1H3,(H2,7,8). The Balaban J connectivity index is 0.000000150. The smallest absolute Gasteiger partial charge is 0.165 e. The fraction of sp³-hybridized carbons (Fsp3) is 0.0526. The van der Waals surface area contributed by atoms with Crippen molar-refractivity contribution < 1.29 is 0 Å². The molecule has 51 heavy (non-hydrogen) atoms. The molecule has 0 saturated carbocycles. The van der Waals surface area contributed by atoms with Crippen molar-refractivity contribution in [1.29, 1.82) is 0 Å². The van der Waals surface area contributed by atoms with Crippen LogP contribution in [0.5, 0.6) is 0 Å². The molecule has 0 radical (unpaired) electrons. The summed E-state index contributed by atoms with van der Waals surface area (Å²) < 4.78 is 0. The molecule has 0 aliphatic rings. The van der Waals surface area contributed by atoms with Crippen LogP contribution in [-0.2, 0) is 0 Å². The van der Waals surface area contributed by atoms with Gasteiger partial charge in [-0.05, 0) is 85.6 Å². The molecule has 252 valence electrons. The van der Waals surface area contributed by atoms with Gasteiger partial charge in [0.05, 0.1) is 10.8 Å². The van der Waals surface area contributed by atoms with Gasteiger partial charge in [0, 0.05) is 69.7 Å². The number of halogens is 3. The van der Waals surface area contributed by atoms with E-state index in [4.69, 9.17) is 45.5 Å². The Labute approximate surface area is 308 Å². The van der Waals surface area contributed by atoms with Gasteiger partial charge in [-0.2, -0.15) is 0 Å². The third-order valence-electron chi connectivity index (χ3n) is 7.40. The number of nitrogens with one attached hydrogen (secondary N) is 1. The number of hydrogen-bond donors (Lipinski definition) is 2.